The summed E-state index contributed by atoms with van der Waals surface area (Å²) < 4.78 is 24.5. The maximum Gasteiger partial charge on any atom is 0.306 e. The van der Waals surface area contributed by atoms with Crippen LogP contribution in [0.2, 0.25) is 5.02 Å². The van der Waals surface area contributed by atoms with Crippen LogP contribution in [0, 0.1) is 5.92 Å². The molecule has 1 N–H and O–H groups in total. The second-order valence-electron chi connectivity index (χ2n) is 4.56. The van der Waals surface area contributed by atoms with Crippen molar-refractivity contribution in [3.63, 3.8) is 0 Å². The van der Waals surface area contributed by atoms with Gasteiger partial charge >= 0.3 is 5.97 Å². The molecule has 0 saturated heterocycles. The van der Waals surface area contributed by atoms with Crippen LogP contribution in [-0.4, -0.2) is 24.7 Å². The molecule has 0 amide bonds. The first-order valence-corrected chi connectivity index (χ1v) is 7.50. The molecular formula is C12H13ClO4S. The Morgan fingerprint density at radius 3 is 2.78 bits per heavy atom. The SMILES string of the molecule is CC(CC1Cc2c(Cl)cccc2S1(=O)=O)C(=O)O. The highest BCUT2D eigenvalue weighted by atomic mass is 35.5. The third-order valence-corrected chi connectivity index (χ3v) is 5.88. The van der Waals surface area contributed by atoms with Crippen molar-refractivity contribution in [2.45, 2.75) is 29.9 Å². The van der Waals surface area contributed by atoms with E-state index < -0.39 is 27.0 Å². The fraction of sp³-hybridized carbons (Fsp3) is 0.417. The van der Waals surface area contributed by atoms with Crippen molar-refractivity contribution in [1.29, 1.82) is 0 Å². The zero-order chi connectivity index (χ0) is 13.5. The summed E-state index contributed by atoms with van der Waals surface area (Å²) in [6.45, 7) is 1.52. The van der Waals surface area contributed by atoms with Crippen molar-refractivity contribution >= 4 is 27.4 Å². The summed E-state index contributed by atoms with van der Waals surface area (Å²) in [6, 6.07) is 4.78. The molecule has 0 radical (unpaired) electrons. The second kappa shape index (κ2) is 4.55. The molecule has 2 atom stereocenters. The van der Waals surface area contributed by atoms with Gasteiger partial charge in [-0.25, -0.2) is 8.42 Å². The van der Waals surface area contributed by atoms with Gasteiger partial charge < -0.3 is 5.11 Å². The van der Waals surface area contributed by atoms with Gasteiger partial charge in [-0.05, 0) is 30.5 Å². The number of carboxylic acids is 1. The molecule has 6 heteroatoms. The Hall–Kier alpha value is -1.07. The Kier molecular flexibility index (Phi) is 3.38. The Labute approximate surface area is 110 Å². The van der Waals surface area contributed by atoms with Crippen LogP contribution in [0.1, 0.15) is 18.9 Å². The predicted molar refractivity (Wildman–Crippen MR) is 67.5 cm³/mol. The number of aliphatic carboxylic acids is 1. The zero-order valence-electron chi connectivity index (χ0n) is 9.76. The highest BCUT2D eigenvalue weighted by Crippen LogP contribution is 2.37. The predicted octanol–water partition coefficient (Wildman–Crippen LogP) is 2.15. The van der Waals surface area contributed by atoms with Crippen molar-refractivity contribution in [2.75, 3.05) is 0 Å². The van der Waals surface area contributed by atoms with E-state index in [1.807, 2.05) is 0 Å². The molecule has 1 aromatic rings. The standard InChI is InChI=1S/C12H13ClO4S/c1-7(12(14)15)5-8-6-9-10(13)3-2-4-11(9)18(8,16)17/h2-4,7-8H,5-6H2,1H3,(H,14,15). The largest absolute Gasteiger partial charge is 0.481 e. The fourth-order valence-corrected chi connectivity index (χ4v) is 4.63. The van der Waals surface area contributed by atoms with Crippen molar-refractivity contribution < 1.29 is 18.3 Å². The fourth-order valence-electron chi connectivity index (χ4n) is 2.23. The van der Waals surface area contributed by atoms with Gasteiger partial charge in [-0.2, -0.15) is 0 Å². The van der Waals surface area contributed by atoms with Gasteiger partial charge in [0.15, 0.2) is 9.84 Å². The molecule has 2 unspecified atom stereocenters. The third kappa shape index (κ3) is 2.12. The lowest BCUT2D eigenvalue weighted by atomic mass is 10.0. The van der Waals surface area contributed by atoms with Crippen LogP contribution >= 0.6 is 11.6 Å². The van der Waals surface area contributed by atoms with E-state index in [4.69, 9.17) is 16.7 Å². The van der Waals surface area contributed by atoms with Crippen LogP contribution in [0.3, 0.4) is 0 Å². The van der Waals surface area contributed by atoms with Crippen LogP contribution in [0.15, 0.2) is 23.1 Å². The quantitative estimate of drug-likeness (QED) is 0.925. The Balaban J connectivity index is 2.35. The number of carboxylic acid groups (broad SMARTS) is 1. The summed E-state index contributed by atoms with van der Waals surface area (Å²) >= 11 is 5.98. The van der Waals surface area contributed by atoms with Crippen LogP contribution in [0.4, 0.5) is 0 Å². The molecule has 0 saturated carbocycles. The Morgan fingerprint density at radius 2 is 2.22 bits per heavy atom. The molecule has 98 valence electrons. The van der Waals surface area contributed by atoms with E-state index in [0.717, 1.165) is 0 Å². The van der Waals surface area contributed by atoms with E-state index in [0.29, 0.717) is 17.0 Å². The van der Waals surface area contributed by atoms with Crippen LogP contribution in [-0.2, 0) is 21.1 Å². The zero-order valence-corrected chi connectivity index (χ0v) is 11.3. The molecule has 0 spiro atoms. The van der Waals surface area contributed by atoms with E-state index in [2.05, 4.69) is 0 Å². The smallest absolute Gasteiger partial charge is 0.306 e. The van der Waals surface area contributed by atoms with Gasteiger partial charge in [0.25, 0.3) is 0 Å². The van der Waals surface area contributed by atoms with E-state index in [9.17, 15) is 13.2 Å². The maximum atomic E-state index is 12.2. The average molecular weight is 289 g/mol. The van der Waals surface area contributed by atoms with Gasteiger partial charge in [0.05, 0.1) is 16.1 Å². The monoisotopic (exact) mass is 288 g/mol. The van der Waals surface area contributed by atoms with Crippen molar-refractivity contribution in [2.24, 2.45) is 5.92 Å². The van der Waals surface area contributed by atoms with E-state index >= 15 is 0 Å². The topological polar surface area (TPSA) is 71.4 Å². The lowest BCUT2D eigenvalue weighted by Gasteiger charge is -2.12. The number of carbonyl (C=O) groups is 1. The molecule has 1 aliphatic heterocycles. The van der Waals surface area contributed by atoms with Gasteiger partial charge in [0.2, 0.25) is 0 Å². The maximum absolute atomic E-state index is 12.2. The van der Waals surface area contributed by atoms with Crippen LogP contribution < -0.4 is 0 Å². The average Bonchev–Trinajstić information content (AvgIpc) is 2.53. The van der Waals surface area contributed by atoms with Crippen molar-refractivity contribution in [1.82, 2.24) is 0 Å². The lowest BCUT2D eigenvalue weighted by Crippen LogP contribution is -2.23. The van der Waals surface area contributed by atoms with Crippen molar-refractivity contribution in [3.05, 3.63) is 28.8 Å². The van der Waals surface area contributed by atoms with E-state index in [1.165, 1.54) is 13.0 Å². The molecule has 1 aromatic carbocycles. The molecule has 2 rings (SSSR count). The summed E-state index contributed by atoms with van der Waals surface area (Å²) in [5, 5.41) is 8.61. The first-order chi connectivity index (χ1) is 8.34. The molecule has 18 heavy (non-hydrogen) atoms. The summed E-state index contributed by atoms with van der Waals surface area (Å²) in [5.74, 6) is -1.66. The molecule has 1 heterocycles. The lowest BCUT2D eigenvalue weighted by molar-refractivity contribution is -0.141. The summed E-state index contributed by atoms with van der Waals surface area (Å²) in [6.07, 6.45) is 0.414. The van der Waals surface area contributed by atoms with Gasteiger partial charge in [-0.3, -0.25) is 4.79 Å². The van der Waals surface area contributed by atoms with E-state index in [1.54, 1.807) is 12.1 Å². The van der Waals surface area contributed by atoms with Crippen LogP contribution in [0.25, 0.3) is 0 Å². The number of hydrogen-bond donors (Lipinski definition) is 1. The Bertz CT molecular complexity index is 594. The molecule has 0 aromatic heterocycles. The second-order valence-corrected chi connectivity index (χ2v) is 7.17. The third-order valence-electron chi connectivity index (χ3n) is 3.29. The highest BCUT2D eigenvalue weighted by Gasteiger charge is 2.39. The molecule has 0 aliphatic carbocycles. The molecule has 1 aliphatic rings. The molecular weight excluding hydrogens is 276 g/mol. The number of fused-ring (bicyclic) bond motifs is 1. The normalized spacial score (nSPS) is 22.4. The van der Waals surface area contributed by atoms with Gasteiger partial charge in [0, 0.05) is 5.02 Å². The minimum Gasteiger partial charge on any atom is -0.481 e. The summed E-state index contributed by atoms with van der Waals surface area (Å²) in [7, 11) is -3.45. The first kappa shape index (κ1) is 13.4. The highest BCUT2D eigenvalue weighted by molar-refractivity contribution is 7.92. The number of hydrogen-bond acceptors (Lipinski definition) is 3. The molecule has 4 nitrogen and oxygen atoms in total. The van der Waals surface area contributed by atoms with Gasteiger partial charge in [0.1, 0.15) is 0 Å². The van der Waals surface area contributed by atoms with Gasteiger partial charge in [-0.15, -0.1) is 0 Å². The number of sulfone groups is 1. The van der Waals surface area contributed by atoms with Crippen LogP contribution in [0.5, 0.6) is 0 Å². The Morgan fingerprint density at radius 1 is 1.56 bits per heavy atom. The van der Waals surface area contributed by atoms with Gasteiger partial charge in [-0.1, -0.05) is 24.6 Å². The number of benzene rings is 1. The molecule has 0 fully saturated rings. The minimum atomic E-state index is -3.45. The summed E-state index contributed by atoms with van der Waals surface area (Å²) in [5.41, 5.74) is 0.613. The first-order valence-electron chi connectivity index (χ1n) is 5.58. The molecule has 0 bridgehead atoms. The van der Waals surface area contributed by atoms with Crippen molar-refractivity contribution in [3.8, 4) is 0 Å². The van der Waals surface area contributed by atoms with E-state index in [-0.39, 0.29) is 11.3 Å². The minimum absolute atomic E-state index is 0.114. The summed E-state index contributed by atoms with van der Waals surface area (Å²) in [4.78, 5) is 11.1. The number of rotatable bonds is 3. The number of halogens is 1.